The fourth-order valence-corrected chi connectivity index (χ4v) is 1.41. The molecule has 0 aliphatic carbocycles. The number of nitrogens with two attached hydrogens (primary N) is 1. The second kappa shape index (κ2) is 6.39. The third-order valence-electron chi connectivity index (χ3n) is 2.40. The lowest BCUT2D eigenvalue weighted by atomic mass is 10.2. The number of nitrogens with zero attached hydrogens (tertiary/aromatic N) is 1. The summed E-state index contributed by atoms with van der Waals surface area (Å²) in [5.74, 6) is -1.64. The highest BCUT2D eigenvalue weighted by atomic mass is 16.4. The van der Waals surface area contributed by atoms with Crippen LogP contribution in [0.1, 0.15) is 17.3 Å². The van der Waals surface area contributed by atoms with Gasteiger partial charge in [0.15, 0.2) is 0 Å². The summed E-state index contributed by atoms with van der Waals surface area (Å²) in [6.45, 7) is 1.88. The van der Waals surface area contributed by atoms with Gasteiger partial charge in [0, 0.05) is 12.2 Å². The van der Waals surface area contributed by atoms with Crippen LogP contribution in [0, 0.1) is 0 Å². The van der Waals surface area contributed by atoms with E-state index in [4.69, 9.17) is 10.8 Å². The van der Waals surface area contributed by atoms with E-state index in [2.05, 4.69) is 5.32 Å². The minimum Gasteiger partial charge on any atom is -0.478 e. The Morgan fingerprint density at radius 3 is 2.26 bits per heavy atom. The van der Waals surface area contributed by atoms with E-state index in [-0.39, 0.29) is 12.1 Å². The number of likely N-dealkylation sites (N-methyl/N-ethyl adjacent to an activating group) is 1. The number of anilines is 1. The van der Waals surface area contributed by atoms with Gasteiger partial charge >= 0.3 is 12.0 Å². The number of hydrogen-bond acceptors (Lipinski definition) is 3. The number of benzene rings is 1. The molecule has 0 radical (unpaired) electrons. The van der Waals surface area contributed by atoms with Gasteiger partial charge in [-0.05, 0) is 31.2 Å². The molecule has 0 aliphatic heterocycles. The molecule has 3 amide bonds. The lowest BCUT2D eigenvalue weighted by Crippen LogP contribution is -2.40. The lowest BCUT2D eigenvalue weighted by molar-refractivity contribution is -0.118. The van der Waals surface area contributed by atoms with Crippen molar-refractivity contribution in [1.29, 1.82) is 0 Å². The van der Waals surface area contributed by atoms with Crippen LogP contribution in [-0.2, 0) is 4.79 Å². The van der Waals surface area contributed by atoms with Gasteiger partial charge in [-0.3, -0.25) is 4.79 Å². The van der Waals surface area contributed by atoms with Gasteiger partial charge in [0.1, 0.15) is 6.54 Å². The van der Waals surface area contributed by atoms with Crippen molar-refractivity contribution in [2.75, 3.05) is 18.4 Å². The highest BCUT2D eigenvalue weighted by molar-refractivity contribution is 5.93. The van der Waals surface area contributed by atoms with Crippen molar-refractivity contribution in [2.45, 2.75) is 6.92 Å². The smallest absolute Gasteiger partial charge is 0.335 e. The lowest BCUT2D eigenvalue weighted by Gasteiger charge is -2.19. The molecule has 0 bridgehead atoms. The third-order valence-corrected chi connectivity index (χ3v) is 2.40. The Labute approximate surface area is 110 Å². The summed E-state index contributed by atoms with van der Waals surface area (Å²) in [7, 11) is 0. The Balaban J connectivity index is 2.70. The summed E-state index contributed by atoms with van der Waals surface area (Å²) in [5, 5.41) is 11.3. The highest BCUT2D eigenvalue weighted by Gasteiger charge is 2.14. The standard InChI is InChI=1S/C12H15N3O4/c1-2-15(7-10(13)16)12(19)14-9-5-3-8(4-6-9)11(17)18/h3-6H,2,7H2,1H3,(H2,13,16)(H,14,19)(H,17,18). The first-order valence-corrected chi connectivity index (χ1v) is 5.61. The van der Waals surface area contributed by atoms with E-state index in [0.29, 0.717) is 12.2 Å². The molecule has 4 N–H and O–H groups in total. The molecule has 0 unspecified atom stereocenters. The predicted octanol–water partition coefficient (Wildman–Crippen LogP) is 0.724. The number of primary amides is 1. The van der Waals surface area contributed by atoms with Crippen LogP contribution in [0.2, 0.25) is 0 Å². The molecule has 0 saturated heterocycles. The van der Waals surface area contributed by atoms with Crippen molar-refractivity contribution in [1.82, 2.24) is 4.90 Å². The first-order valence-electron chi connectivity index (χ1n) is 5.61. The molecule has 0 atom stereocenters. The number of carbonyl (C=O) groups excluding carboxylic acids is 2. The maximum atomic E-state index is 11.8. The van der Waals surface area contributed by atoms with Crippen molar-refractivity contribution in [2.24, 2.45) is 5.73 Å². The van der Waals surface area contributed by atoms with Crippen LogP contribution in [0.3, 0.4) is 0 Å². The third kappa shape index (κ3) is 4.30. The number of carbonyl (C=O) groups is 3. The van der Waals surface area contributed by atoms with E-state index >= 15 is 0 Å². The number of carboxylic acid groups (broad SMARTS) is 1. The highest BCUT2D eigenvalue weighted by Crippen LogP contribution is 2.10. The summed E-state index contributed by atoms with van der Waals surface area (Å²) >= 11 is 0. The van der Waals surface area contributed by atoms with E-state index < -0.39 is 17.9 Å². The Kier molecular flexibility index (Phi) is 4.87. The van der Waals surface area contributed by atoms with Crippen LogP contribution in [0.4, 0.5) is 10.5 Å². The number of amides is 3. The second-order valence-corrected chi connectivity index (χ2v) is 3.79. The van der Waals surface area contributed by atoms with Gasteiger partial charge in [-0.1, -0.05) is 0 Å². The zero-order chi connectivity index (χ0) is 14.4. The van der Waals surface area contributed by atoms with Crippen molar-refractivity contribution >= 4 is 23.6 Å². The minimum atomic E-state index is -1.04. The van der Waals surface area contributed by atoms with Crippen LogP contribution in [0.5, 0.6) is 0 Å². The van der Waals surface area contributed by atoms with Gasteiger partial charge in [0.25, 0.3) is 0 Å². The summed E-state index contributed by atoms with van der Waals surface area (Å²) in [6.07, 6.45) is 0. The SMILES string of the molecule is CCN(CC(N)=O)C(=O)Nc1ccc(C(=O)O)cc1. The van der Waals surface area contributed by atoms with E-state index in [1.165, 1.54) is 29.2 Å². The van der Waals surface area contributed by atoms with Crippen LogP contribution >= 0.6 is 0 Å². The first kappa shape index (κ1) is 14.5. The fourth-order valence-electron chi connectivity index (χ4n) is 1.41. The summed E-state index contributed by atoms with van der Waals surface area (Å²) in [6, 6.07) is 5.23. The molecule has 1 aromatic carbocycles. The average molecular weight is 265 g/mol. The molecule has 1 aromatic rings. The predicted molar refractivity (Wildman–Crippen MR) is 68.9 cm³/mol. The van der Waals surface area contributed by atoms with E-state index in [1.54, 1.807) is 6.92 Å². The maximum absolute atomic E-state index is 11.8. The van der Waals surface area contributed by atoms with Crippen molar-refractivity contribution in [3.8, 4) is 0 Å². The zero-order valence-corrected chi connectivity index (χ0v) is 10.4. The number of hydrogen-bond donors (Lipinski definition) is 3. The molecule has 0 heterocycles. The monoisotopic (exact) mass is 265 g/mol. The molecule has 7 nitrogen and oxygen atoms in total. The molecular weight excluding hydrogens is 250 g/mol. The quantitative estimate of drug-likeness (QED) is 0.728. The number of carboxylic acids is 1. The number of aromatic carboxylic acids is 1. The summed E-state index contributed by atoms with van der Waals surface area (Å²) < 4.78 is 0. The summed E-state index contributed by atoms with van der Waals surface area (Å²) in [5.41, 5.74) is 5.60. The van der Waals surface area contributed by atoms with E-state index in [9.17, 15) is 14.4 Å². The Morgan fingerprint density at radius 2 is 1.84 bits per heavy atom. The van der Waals surface area contributed by atoms with Crippen molar-refractivity contribution < 1.29 is 19.5 Å². The van der Waals surface area contributed by atoms with Crippen molar-refractivity contribution in [3.63, 3.8) is 0 Å². The van der Waals surface area contributed by atoms with Gasteiger partial charge in [0.05, 0.1) is 5.56 Å². The van der Waals surface area contributed by atoms with E-state index in [0.717, 1.165) is 0 Å². The molecule has 0 aliphatic rings. The Morgan fingerprint density at radius 1 is 1.26 bits per heavy atom. The molecule has 1 rings (SSSR count). The average Bonchev–Trinajstić information content (AvgIpc) is 2.36. The van der Waals surface area contributed by atoms with Crippen LogP contribution < -0.4 is 11.1 Å². The van der Waals surface area contributed by atoms with Crippen molar-refractivity contribution in [3.05, 3.63) is 29.8 Å². The Hall–Kier alpha value is -2.57. The normalized spacial score (nSPS) is 9.74. The Bertz CT molecular complexity index is 484. The molecule has 19 heavy (non-hydrogen) atoms. The minimum absolute atomic E-state index is 0.127. The van der Waals surface area contributed by atoms with Gasteiger partial charge in [-0.25, -0.2) is 9.59 Å². The van der Waals surface area contributed by atoms with Crippen LogP contribution in [0.25, 0.3) is 0 Å². The molecule has 0 fully saturated rings. The fraction of sp³-hybridized carbons (Fsp3) is 0.250. The first-order chi connectivity index (χ1) is 8.93. The van der Waals surface area contributed by atoms with E-state index in [1.807, 2.05) is 0 Å². The largest absolute Gasteiger partial charge is 0.478 e. The van der Waals surface area contributed by atoms with Gasteiger partial charge in [0.2, 0.25) is 5.91 Å². The topological polar surface area (TPSA) is 113 Å². The molecule has 102 valence electrons. The van der Waals surface area contributed by atoms with Crippen LogP contribution in [-0.4, -0.2) is 41.0 Å². The maximum Gasteiger partial charge on any atom is 0.335 e. The molecular formula is C12H15N3O4. The van der Waals surface area contributed by atoms with Gasteiger partial charge < -0.3 is 21.1 Å². The number of rotatable bonds is 5. The summed E-state index contributed by atoms with van der Waals surface area (Å²) in [4.78, 5) is 34.5. The van der Waals surface area contributed by atoms with Crippen LogP contribution in [0.15, 0.2) is 24.3 Å². The zero-order valence-electron chi connectivity index (χ0n) is 10.4. The number of urea groups is 1. The molecule has 0 spiro atoms. The van der Waals surface area contributed by atoms with Gasteiger partial charge in [-0.15, -0.1) is 0 Å². The second-order valence-electron chi connectivity index (χ2n) is 3.79. The molecule has 7 heteroatoms. The molecule has 0 saturated carbocycles. The van der Waals surface area contributed by atoms with Gasteiger partial charge in [-0.2, -0.15) is 0 Å². The number of nitrogens with one attached hydrogen (secondary N) is 1. The molecule has 0 aromatic heterocycles.